The van der Waals surface area contributed by atoms with E-state index < -0.39 is 0 Å². The van der Waals surface area contributed by atoms with Gasteiger partial charge in [-0.1, -0.05) is 24.3 Å². The summed E-state index contributed by atoms with van der Waals surface area (Å²) < 4.78 is 18.4. The Kier molecular flexibility index (Phi) is 6.37. The van der Waals surface area contributed by atoms with Crippen molar-refractivity contribution in [2.45, 2.75) is 30.3 Å². The SMILES string of the molecule is COc1cccc(CSC2NC(=O)C3CN(Cc4ccc(F)cc4)CCC3N2)c1. The second-order valence-corrected chi connectivity index (χ2v) is 8.67. The molecule has 154 valence electrons. The van der Waals surface area contributed by atoms with E-state index in [1.807, 2.05) is 30.3 Å². The highest BCUT2D eigenvalue weighted by Crippen LogP contribution is 2.27. The molecule has 2 aromatic rings. The lowest BCUT2D eigenvalue weighted by Crippen LogP contribution is -2.64. The van der Waals surface area contributed by atoms with Gasteiger partial charge in [0, 0.05) is 31.4 Å². The Balaban J connectivity index is 1.30. The number of carbonyl (C=O) groups excluding carboxylic acids is 1. The molecule has 0 bridgehead atoms. The third kappa shape index (κ3) is 5.10. The first-order valence-corrected chi connectivity index (χ1v) is 10.9. The average molecular weight is 416 g/mol. The number of amides is 1. The minimum Gasteiger partial charge on any atom is -0.497 e. The van der Waals surface area contributed by atoms with Crippen LogP contribution in [0.4, 0.5) is 4.39 Å². The predicted molar refractivity (Wildman–Crippen MR) is 113 cm³/mol. The summed E-state index contributed by atoms with van der Waals surface area (Å²) in [5, 5.41) is 6.71. The molecule has 2 fully saturated rings. The summed E-state index contributed by atoms with van der Waals surface area (Å²) in [6.07, 6.45) is 0.926. The third-order valence-corrected chi connectivity index (χ3v) is 6.63. The Morgan fingerprint density at radius 2 is 2.03 bits per heavy atom. The highest BCUT2D eigenvalue weighted by Gasteiger charge is 2.39. The number of thioether (sulfide) groups is 1. The van der Waals surface area contributed by atoms with Gasteiger partial charge >= 0.3 is 0 Å². The highest BCUT2D eigenvalue weighted by atomic mass is 32.2. The quantitative estimate of drug-likeness (QED) is 0.760. The number of benzene rings is 2. The van der Waals surface area contributed by atoms with E-state index in [1.54, 1.807) is 18.9 Å². The number of nitrogens with zero attached hydrogens (tertiary/aromatic N) is 1. The van der Waals surface area contributed by atoms with Crippen LogP contribution in [0.2, 0.25) is 0 Å². The summed E-state index contributed by atoms with van der Waals surface area (Å²) in [5.74, 6) is 1.47. The number of hydrogen-bond donors (Lipinski definition) is 2. The lowest BCUT2D eigenvalue weighted by atomic mass is 9.89. The number of likely N-dealkylation sites (tertiary alicyclic amines) is 1. The van der Waals surface area contributed by atoms with Gasteiger partial charge in [0.05, 0.1) is 13.0 Å². The first kappa shape index (κ1) is 20.2. The first-order valence-electron chi connectivity index (χ1n) is 9.88. The van der Waals surface area contributed by atoms with Crippen LogP contribution in [0.15, 0.2) is 48.5 Å². The van der Waals surface area contributed by atoms with Crippen LogP contribution in [-0.4, -0.2) is 42.5 Å². The molecule has 0 aromatic heterocycles. The van der Waals surface area contributed by atoms with Crippen molar-refractivity contribution in [2.24, 2.45) is 5.92 Å². The van der Waals surface area contributed by atoms with Crippen molar-refractivity contribution in [1.82, 2.24) is 15.5 Å². The fourth-order valence-corrected chi connectivity index (χ4v) is 4.99. The van der Waals surface area contributed by atoms with Gasteiger partial charge in [-0.3, -0.25) is 15.0 Å². The number of rotatable bonds is 6. The lowest BCUT2D eigenvalue weighted by Gasteiger charge is -2.43. The third-order valence-electron chi connectivity index (χ3n) is 5.54. The monoisotopic (exact) mass is 415 g/mol. The molecule has 2 aromatic carbocycles. The molecule has 2 aliphatic rings. The molecule has 29 heavy (non-hydrogen) atoms. The Morgan fingerprint density at radius 3 is 2.83 bits per heavy atom. The maximum absolute atomic E-state index is 13.1. The molecule has 2 heterocycles. The second kappa shape index (κ2) is 9.15. The Bertz CT molecular complexity index is 848. The zero-order valence-electron chi connectivity index (χ0n) is 16.4. The van der Waals surface area contributed by atoms with Crippen LogP contribution in [0, 0.1) is 11.7 Å². The minimum absolute atomic E-state index is 0.0575. The molecule has 0 spiro atoms. The molecule has 3 atom stereocenters. The van der Waals surface area contributed by atoms with Crippen LogP contribution >= 0.6 is 11.8 Å². The second-order valence-electron chi connectivity index (χ2n) is 7.58. The van der Waals surface area contributed by atoms with Gasteiger partial charge in [0.15, 0.2) is 0 Å². The van der Waals surface area contributed by atoms with Crippen molar-refractivity contribution in [3.8, 4) is 5.75 Å². The van der Waals surface area contributed by atoms with Crippen LogP contribution in [0.1, 0.15) is 17.5 Å². The van der Waals surface area contributed by atoms with E-state index in [0.717, 1.165) is 36.6 Å². The molecule has 2 aliphatic heterocycles. The van der Waals surface area contributed by atoms with Gasteiger partial charge in [-0.2, -0.15) is 0 Å². The van der Waals surface area contributed by atoms with E-state index >= 15 is 0 Å². The maximum atomic E-state index is 13.1. The zero-order valence-corrected chi connectivity index (χ0v) is 17.3. The van der Waals surface area contributed by atoms with Crippen LogP contribution in [0.25, 0.3) is 0 Å². The van der Waals surface area contributed by atoms with Crippen LogP contribution in [0.3, 0.4) is 0 Å². The maximum Gasteiger partial charge on any atom is 0.227 e. The molecule has 2 saturated heterocycles. The summed E-state index contributed by atoms with van der Waals surface area (Å²) in [7, 11) is 1.66. The van der Waals surface area contributed by atoms with Gasteiger partial charge in [0.1, 0.15) is 17.1 Å². The standard InChI is InChI=1S/C22H26FN3O2S/c1-28-18-4-2-3-16(11-18)14-29-22-24-20-9-10-26(13-19(20)21(27)25-22)12-15-5-7-17(23)8-6-15/h2-8,11,19-20,22,24H,9-10,12-14H2,1H3,(H,25,27). The number of carbonyl (C=O) groups is 1. The summed E-state index contributed by atoms with van der Waals surface area (Å²) in [4.78, 5) is 15.0. The molecular weight excluding hydrogens is 389 g/mol. The average Bonchev–Trinajstić information content (AvgIpc) is 2.74. The fourth-order valence-electron chi connectivity index (χ4n) is 3.98. The topological polar surface area (TPSA) is 53.6 Å². The van der Waals surface area contributed by atoms with Gasteiger partial charge in [-0.15, -0.1) is 11.8 Å². The largest absolute Gasteiger partial charge is 0.497 e. The minimum atomic E-state index is -0.221. The van der Waals surface area contributed by atoms with Crippen molar-refractivity contribution in [3.05, 3.63) is 65.5 Å². The van der Waals surface area contributed by atoms with E-state index in [0.29, 0.717) is 6.54 Å². The van der Waals surface area contributed by atoms with E-state index in [2.05, 4.69) is 21.6 Å². The normalized spacial score (nSPS) is 24.6. The summed E-state index contributed by atoms with van der Waals surface area (Å²) in [5.41, 5.74) is 2.15. The summed E-state index contributed by atoms with van der Waals surface area (Å²) in [6, 6.07) is 14.8. The summed E-state index contributed by atoms with van der Waals surface area (Å²) >= 11 is 1.69. The molecule has 0 aliphatic carbocycles. The van der Waals surface area contributed by atoms with Gasteiger partial charge in [-0.05, 0) is 41.8 Å². The summed E-state index contributed by atoms with van der Waals surface area (Å²) in [6.45, 7) is 2.38. The molecule has 0 saturated carbocycles. The molecule has 7 heteroatoms. The first-order chi connectivity index (χ1) is 14.1. The Hall–Kier alpha value is -2.09. The van der Waals surface area contributed by atoms with Crippen molar-refractivity contribution in [3.63, 3.8) is 0 Å². The molecule has 0 radical (unpaired) electrons. The van der Waals surface area contributed by atoms with Crippen molar-refractivity contribution < 1.29 is 13.9 Å². The van der Waals surface area contributed by atoms with Gasteiger partial charge in [-0.25, -0.2) is 4.39 Å². The Labute approximate surface area is 175 Å². The number of fused-ring (bicyclic) bond motifs is 1. The van der Waals surface area contributed by atoms with E-state index in [4.69, 9.17) is 4.74 Å². The smallest absolute Gasteiger partial charge is 0.227 e. The predicted octanol–water partition coefficient (Wildman–Crippen LogP) is 2.96. The van der Waals surface area contributed by atoms with Crippen molar-refractivity contribution in [1.29, 1.82) is 0 Å². The molecule has 2 N–H and O–H groups in total. The number of methoxy groups -OCH3 is 1. The highest BCUT2D eigenvalue weighted by molar-refractivity contribution is 7.99. The molecule has 5 nitrogen and oxygen atoms in total. The molecule has 1 amide bonds. The fraction of sp³-hybridized carbons (Fsp3) is 0.409. The molecular formula is C22H26FN3O2S. The van der Waals surface area contributed by atoms with Crippen LogP contribution in [0.5, 0.6) is 5.75 Å². The van der Waals surface area contributed by atoms with Crippen molar-refractivity contribution in [2.75, 3.05) is 20.2 Å². The van der Waals surface area contributed by atoms with E-state index in [-0.39, 0.29) is 29.2 Å². The number of hydrogen-bond acceptors (Lipinski definition) is 5. The zero-order chi connectivity index (χ0) is 20.2. The van der Waals surface area contributed by atoms with Gasteiger partial charge in [0.2, 0.25) is 5.91 Å². The van der Waals surface area contributed by atoms with E-state index in [9.17, 15) is 9.18 Å². The van der Waals surface area contributed by atoms with Crippen molar-refractivity contribution >= 4 is 17.7 Å². The lowest BCUT2D eigenvalue weighted by molar-refractivity contribution is -0.130. The number of ether oxygens (including phenoxy) is 1. The molecule has 3 unspecified atom stereocenters. The number of halogens is 1. The molecule has 4 rings (SSSR count). The van der Waals surface area contributed by atoms with Gasteiger partial charge in [0.25, 0.3) is 0 Å². The van der Waals surface area contributed by atoms with Crippen LogP contribution < -0.4 is 15.4 Å². The number of nitrogens with one attached hydrogen (secondary N) is 2. The Morgan fingerprint density at radius 1 is 1.21 bits per heavy atom. The van der Waals surface area contributed by atoms with Gasteiger partial charge < -0.3 is 10.1 Å². The van der Waals surface area contributed by atoms with E-state index in [1.165, 1.54) is 17.7 Å². The van der Waals surface area contributed by atoms with Crippen LogP contribution in [-0.2, 0) is 17.1 Å². The number of piperidine rings is 1.